The number of hydrogen-bond acceptors (Lipinski definition) is 5. The van der Waals surface area contributed by atoms with Crippen molar-refractivity contribution in [1.29, 1.82) is 0 Å². The van der Waals surface area contributed by atoms with E-state index in [1.807, 2.05) is 12.1 Å². The molecule has 0 bridgehead atoms. The number of carbonyl (C=O) groups excluding carboxylic acids is 1. The third-order valence-corrected chi connectivity index (χ3v) is 3.53. The number of aryl methyl sites for hydroxylation is 1. The Balaban J connectivity index is 1.52. The molecule has 1 aliphatic rings. The maximum absolute atomic E-state index is 11.8. The van der Waals surface area contributed by atoms with Crippen molar-refractivity contribution in [3.8, 4) is 5.75 Å². The molecule has 6 heteroatoms. The molecule has 0 unspecified atom stereocenters. The van der Waals surface area contributed by atoms with Crippen LogP contribution in [0.3, 0.4) is 0 Å². The van der Waals surface area contributed by atoms with Crippen LogP contribution in [0.1, 0.15) is 31.0 Å². The van der Waals surface area contributed by atoms with E-state index < -0.39 is 0 Å². The lowest BCUT2D eigenvalue weighted by atomic mass is 9.85. The number of hydrogen-bond donors (Lipinski definition) is 1. The number of benzene rings is 1. The summed E-state index contributed by atoms with van der Waals surface area (Å²) in [6.45, 7) is 1.99. The second-order valence-corrected chi connectivity index (χ2v) is 5.17. The highest BCUT2D eigenvalue weighted by Crippen LogP contribution is 2.27. The minimum Gasteiger partial charge on any atom is -0.484 e. The first-order valence-electron chi connectivity index (χ1n) is 7.03. The normalized spacial score (nSPS) is 14.5. The van der Waals surface area contributed by atoms with Gasteiger partial charge in [-0.15, -0.1) is 0 Å². The number of ether oxygens (including phenoxy) is 1. The van der Waals surface area contributed by atoms with Crippen molar-refractivity contribution in [2.24, 2.45) is 5.92 Å². The fourth-order valence-electron chi connectivity index (χ4n) is 2.09. The molecule has 6 nitrogen and oxygen atoms in total. The standard InChI is InChI=1S/C15H17N3O3/c1-10-16-14(21-18-10)9-20-13-7-5-12(6-8-13)17-15(19)11-3-2-4-11/h5-8,11H,2-4,9H2,1H3,(H,17,19). The fourth-order valence-corrected chi connectivity index (χ4v) is 2.09. The number of rotatable bonds is 5. The van der Waals surface area contributed by atoms with Crippen LogP contribution in [-0.4, -0.2) is 16.0 Å². The third kappa shape index (κ3) is 3.39. The van der Waals surface area contributed by atoms with Gasteiger partial charge in [-0.1, -0.05) is 11.6 Å². The second-order valence-electron chi connectivity index (χ2n) is 5.17. The van der Waals surface area contributed by atoms with E-state index in [0.29, 0.717) is 17.5 Å². The first-order chi connectivity index (χ1) is 10.2. The Hall–Kier alpha value is -2.37. The molecular formula is C15H17N3O3. The molecule has 0 atom stereocenters. The molecule has 1 aromatic heterocycles. The summed E-state index contributed by atoms with van der Waals surface area (Å²) in [6, 6.07) is 7.26. The van der Waals surface area contributed by atoms with Crippen LogP contribution in [0.15, 0.2) is 28.8 Å². The summed E-state index contributed by atoms with van der Waals surface area (Å²) in [7, 11) is 0. The van der Waals surface area contributed by atoms with Gasteiger partial charge in [0.25, 0.3) is 5.89 Å². The van der Waals surface area contributed by atoms with Crippen LogP contribution in [0.2, 0.25) is 0 Å². The van der Waals surface area contributed by atoms with Crippen LogP contribution in [-0.2, 0) is 11.4 Å². The van der Waals surface area contributed by atoms with E-state index in [1.54, 1.807) is 19.1 Å². The summed E-state index contributed by atoms with van der Waals surface area (Å²) in [5.74, 6) is 2.00. The maximum Gasteiger partial charge on any atom is 0.264 e. The van der Waals surface area contributed by atoms with Gasteiger partial charge in [0.2, 0.25) is 5.91 Å². The largest absolute Gasteiger partial charge is 0.484 e. The summed E-state index contributed by atoms with van der Waals surface area (Å²) < 4.78 is 10.5. The Morgan fingerprint density at radius 1 is 1.38 bits per heavy atom. The van der Waals surface area contributed by atoms with Gasteiger partial charge in [-0.2, -0.15) is 4.98 Å². The van der Waals surface area contributed by atoms with E-state index in [0.717, 1.165) is 24.9 Å². The van der Waals surface area contributed by atoms with E-state index in [9.17, 15) is 4.79 Å². The van der Waals surface area contributed by atoms with Gasteiger partial charge in [-0.3, -0.25) is 4.79 Å². The Morgan fingerprint density at radius 3 is 2.71 bits per heavy atom. The lowest BCUT2D eigenvalue weighted by Gasteiger charge is -2.24. The summed E-state index contributed by atoms with van der Waals surface area (Å²) in [5.41, 5.74) is 0.785. The van der Waals surface area contributed by atoms with Crippen molar-refractivity contribution < 1.29 is 14.1 Å². The fraction of sp³-hybridized carbons (Fsp3) is 0.400. The van der Waals surface area contributed by atoms with E-state index >= 15 is 0 Å². The number of aromatic nitrogens is 2. The molecule has 1 saturated carbocycles. The van der Waals surface area contributed by atoms with Crippen molar-refractivity contribution in [3.63, 3.8) is 0 Å². The third-order valence-electron chi connectivity index (χ3n) is 3.53. The van der Waals surface area contributed by atoms with Gasteiger partial charge < -0.3 is 14.6 Å². The maximum atomic E-state index is 11.8. The Kier molecular flexibility index (Phi) is 3.85. The molecule has 1 aliphatic carbocycles. The number of anilines is 1. The van der Waals surface area contributed by atoms with Crippen LogP contribution in [0.4, 0.5) is 5.69 Å². The Morgan fingerprint density at radius 2 is 2.14 bits per heavy atom. The predicted molar refractivity (Wildman–Crippen MR) is 75.8 cm³/mol. The van der Waals surface area contributed by atoms with Crippen molar-refractivity contribution in [2.45, 2.75) is 32.8 Å². The van der Waals surface area contributed by atoms with Gasteiger partial charge in [0.1, 0.15) is 5.75 Å². The van der Waals surface area contributed by atoms with Gasteiger partial charge in [0, 0.05) is 11.6 Å². The average molecular weight is 287 g/mol. The van der Waals surface area contributed by atoms with Crippen molar-refractivity contribution in [2.75, 3.05) is 5.32 Å². The molecule has 3 rings (SSSR count). The minimum absolute atomic E-state index is 0.108. The second kappa shape index (κ2) is 5.95. The lowest BCUT2D eigenvalue weighted by molar-refractivity contribution is -0.122. The minimum atomic E-state index is 0.108. The molecule has 1 heterocycles. The zero-order chi connectivity index (χ0) is 14.7. The summed E-state index contributed by atoms with van der Waals surface area (Å²) in [6.07, 6.45) is 3.15. The first kappa shape index (κ1) is 13.6. The van der Waals surface area contributed by atoms with Gasteiger partial charge in [-0.05, 0) is 44.0 Å². The molecule has 1 fully saturated rings. The van der Waals surface area contributed by atoms with Crippen LogP contribution >= 0.6 is 0 Å². The van der Waals surface area contributed by atoms with Crippen LogP contribution in [0.25, 0.3) is 0 Å². The number of amides is 1. The summed E-state index contributed by atoms with van der Waals surface area (Å²) in [4.78, 5) is 15.9. The van der Waals surface area contributed by atoms with Crippen LogP contribution in [0, 0.1) is 12.8 Å². The molecule has 2 aromatic rings. The molecule has 0 radical (unpaired) electrons. The molecule has 1 aromatic carbocycles. The van der Waals surface area contributed by atoms with Crippen molar-refractivity contribution in [3.05, 3.63) is 36.0 Å². The van der Waals surface area contributed by atoms with Crippen LogP contribution in [0.5, 0.6) is 5.75 Å². The molecule has 0 aliphatic heterocycles. The van der Waals surface area contributed by atoms with E-state index in [-0.39, 0.29) is 18.4 Å². The lowest BCUT2D eigenvalue weighted by Crippen LogP contribution is -2.27. The number of carbonyl (C=O) groups is 1. The topological polar surface area (TPSA) is 77.3 Å². The van der Waals surface area contributed by atoms with E-state index in [1.165, 1.54) is 0 Å². The zero-order valence-corrected chi connectivity index (χ0v) is 11.8. The number of nitrogens with zero attached hydrogens (tertiary/aromatic N) is 2. The first-order valence-corrected chi connectivity index (χ1v) is 7.03. The highest BCUT2D eigenvalue weighted by molar-refractivity contribution is 5.93. The van der Waals surface area contributed by atoms with Crippen molar-refractivity contribution >= 4 is 11.6 Å². The van der Waals surface area contributed by atoms with Gasteiger partial charge in [-0.25, -0.2) is 0 Å². The molecule has 21 heavy (non-hydrogen) atoms. The highest BCUT2D eigenvalue weighted by Gasteiger charge is 2.24. The highest BCUT2D eigenvalue weighted by atomic mass is 16.5. The molecule has 110 valence electrons. The van der Waals surface area contributed by atoms with Crippen LogP contribution < -0.4 is 10.1 Å². The summed E-state index contributed by atoms with van der Waals surface area (Å²) >= 11 is 0. The van der Waals surface area contributed by atoms with Gasteiger partial charge in [0.05, 0.1) is 0 Å². The summed E-state index contributed by atoms with van der Waals surface area (Å²) in [5, 5.41) is 6.60. The zero-order valence-electron chi connectivity index (χ0n) is 11.8. The molecule has 0 spiro atoms. The Bertz CT molecular complexity index is 617. The molecule has 1 N–H and O–H groups in total. The molecule has 1 amide bonds. The van der Waals surface area contributed by atoms with E-state index in [4.69, 9.17) is 9.26 Å². The molecular weight excluding hydrogens is 270 g/mol. The monoisotopic (exact) mass is 287 g/mol. The average Bonchev–Trinajstić information content (AvgIpc) is 2.82. The predicted octanol–water partition coefficient (Wildman–Crippen LogP) is 2.70. The Labute approximate surface area is 122 Å². The SMILES string of the molecule is Cc1noc(COc2ccc(NC(=O)C3CCC3)cc2)n1. The smallest absolute Gasteiger partial charge is 0.264 e. The van der Waals surface area contributed by atoms with E-state index in [2.05, 4.69) is 15.5 Å². The number of nitrogens with one attached hydrogen (secondary N) is 1. The molecule has 0 saturated heterocycles. The van der Waals surface area contributed by atoms with Gasteiger partial charge in [0.15, 0.2) is 12.4 Å². The van der Waals surface area contributed by atoms with Crippen molar-refractivity contribution in [1.82, 2.24) is 10.1 Å². The van der Waals surface area contributed by atoms with Gasteiger partial charge >= 0.3 is 0 Å². The quantitative estimate of drug-likeness (QED) is 0.914.